The van der Waals surface area contributed by atoms with Crippen LogP contribution in [-0.4, -0.2) is 147 Å². The molecule has 442 valence electrons. The molecule has 0 aliphatic carbocycles. The molecule has 0 saturated carbocycles. The molecular weight excluding hydrogens is 1080 g/mol. The lowest BCUT2D eigenvalue weighted by molar-refractivity contribution is -0.141. The number of pyridine rings is 1. The number of aryl methyl sites for hydroxylation is 2. The zero-order valence-electron chi connectivity index (χ0n) is 49.0. The Labute approximate surface area is 495 Å². The zero-order valence-corrected chi connectivity index (χ0v) is 49.8. The molecule has 13 rings (SSSR count). The summed E-state index contributed by atoms with van der Waals surface area (Å²) in [5.74, 6) is 2.63. The lowest BCUT2D eigenvalue weighted by atomic mass is 9.83. The number of thiazole rings is 1. The number of β-amino-alcohol motifs (C(OH)–C–C–N with tert-alkyl or cyclic N) is 1. The maximum atomic E-state index is 17.4. The summed E-state index contributed by atoms with van der Waals surface area (Å²) in [6.07, 6.45) is 9.71. The van der Waals surface area contributed by atoms with Gasteiger partial charge in [-0.3, -0.25) is 14.6 Å². The molecule has 2 bridgehead atoms. The van der Waals surface area contributed by atoms with Gasteiger partial charge in [0.2, 0.25) is 17.8 Å². The smallest absolute Gasteiger partial charge is 0.243 e. The molecule has 7 aromatic rings. The van der Waals surface area contributed by atoms with Gasteiger partial charge >= 0.3 is 0 Å². The second kappa shape index (κ2) is 23.6. The number of amides is 2. The highest BCUT2D eigenvalue weighted by molar-refractivity contribution is 7.13. The average molecular weight is 1160 g/mol. The van der Waals surface area contributed by atoms with Crippen LogP contribution in [0.3, 0.4) is 0 Å². The summed E-state index contributed by atoms with van der Waals surface area (Å²) in [5.41, 5.74) is 6.96. The van der Waals surface area contributed by atoms with E-state index in [0.29, 0.717) is 52.5 Å². The maximum Gasteiger partial charge on any atom is 0.243 e. The molecule has 84 heavy (non-hydrogen) atoms. The number of piperazine rings is 1. The molecular formula is C65H79FN12O5S. The molecule has 6 aliphatic heterocycles. The number of carbonyl (C=O) groups is 2. The number of aromatic nitrogens is 5. The summed E-state index contributed by atoms with van der Waals surface area (Å²) in [5, 5.41) is 35.4. The molecule has 10 heterocycles. The van der Waals surface area contributed by atoms with Gasteiger partial charge in [0, 0.05) is 88.7 Å². The van der Waals surface area contributed by atoms with Crippen LogP contribution in [0.2, 0.25) is 0 Å². The number of piperidine rings is 2. The number of carbonyl (C=O) groups excluding carboxylic acids is 2. The van der Waals surface area contributed by atoms with Gasteiger partial charge in [-0.1, -0.05) is 68.4 Å². The summed E-state index contributed by atoms with van der Waals surface area (Å²) >= 11 is 1.60. The number of nitrogens with zero attached hydrogens (tertiary/aromatic N) is 10. The predicted octanol–water partition coefficient (Wildman–Crippen LogP) is 9.65. The molecule has 4 aromatic heterocycles. The largest absolute Gasteiger partial charge is 0.508 e. The number of aliphatic hydroxyl groups excluding tert-OH is 1. The van der Waals surface area contributed by atoms with Crippen LogP contribution in [0.1, 0.15) is 114 Å². The van der Waals surface area contributed by atoms with Crippen molar-refractivity contribution >= 4 is 62.4 Å². The van der Waals surface area contributed by atoms with Gasteiger partial charge in [0.05, 0.1) is 33.6 Å². The van der Waals surface area contributed by atoms with E-state index < -0.39 is 23.9 Å². The van der Waals surface area contributed by atoms with Crippen molar-refractivity contribution in [1.29, 1.82) is 0 Å². The minimum atomic E-state index is -0.806. The lowest BCUT2D eigenvalue weighted by Crippen LogP contribution is -2.51. The summed E-state index contributed by atoms with van der Waals surface area (Å²) in [7, 11) is 0. The number of benzene rings is 3. The summed E-state index contributed by atoms with van der Waals surface area (Å²) in [4.78, 5) is 59.9. The van der Waals surface area contributed by atoms with Gasteiger partial charge in [0.1, 0.15) is 34.7 Å². The van der Waals surface area contributed by atoms with E-state index >= 15 is 4.39 Å². The first-order valence-electron chi connectivity index (χ1n) is 30.8. The van der Waals surface area contributed by atoms with Crippen molar-refractivity contribution in [2.45, 2.75) is 129 Å². The second-order valence-corrected chi connectivity index (χ2v) is 26.3. The van der Waals surface area contributed by atoms with Gasteiger partial charge in [-0.25, -0.2) is 14.4 Å². The standard InChI is InChI=1S/C65H79FN12O5S/c1-6-43-8-7-9-46-25-49(79)26-51(57(43)46)59-58(66)60-52(29-67-59)62(77-33-47-14-15-48(34-77)70-47)72-65(71-60)75-22-18-41(19-23-75)30-74-20-16-40(17-21-74)24-42-31-76(32-42)55-28-54(83-73-55)56(37(2)3)64(82)78-35-50(80)27-53(78)63(81)69-38(4)44-10-12-45(13-11-44)61-39(5)68-36-84-61/h7-13,25-26,28-29,36-38,40-42,47-48,50,53,56,70,79-80H,6,14-24,27,30-35H2,1-5H3,(H,69,81)/t38?,47?,48?,50-,53+,56?/m1/s1. The summed E-state index contributed by atoms with van der Waals surface area (Å²) in [6, 6.07) is 19.0. The highest BCUT2D eigenvalue weighted by Gasteiger charge is 2.44. The Bertz CT molecular complexity index is 3520. The van der Waals surface area contributed by atoms with E-state index in [2.05, 4.69) is 53.4 Å². The van der Waals surface area contributed by atoms with E-state index in [-0.39, 0.29) is 53.7 Å². The number of hydrogen-bond donors (Lipinski definition) is 4. The number of hydrogen-bond acceptors (Lipinski definition) is 16. The molecule has 4 unspecified atom stereocenters. The SMILES string of the molecule is CCc1cccc2cc(O)cc(-c3ncc4c(N5CC6CCC(C5)N6)nc(N5CCC(CN6CCC(CC7CN(c8cc(C(C(=O)N9C[C@H](O)C[C@H]9C(=O)NC(C)c9ccc(-c%10scnc%10C)cc9)C(C)C)on8)C7)CC6)CC5)nc4c3F)c12. The van der Waals surface area contributed by atoms with Crippen LogP contribution in [0.5, 0.6) is 5.75 Å². The van der Waals surface area contributed by atoms with E-state index in [1.807, 2.05) is 75.7 Å². The van der Waals surface area contributed by atoms with E-state index in [1.54, 1.807) is 29.7 Å². The third-order valence-corrected chi connectivity index (χ3v) is 20.3. The van der Waals surface area contributed by atoms with Crippen LogP contribution >= 0.6 is 11.3 Å². The number of aromatic hydroxyl groups is 1. The Balaban J connectivity index is 0.597. The fraction of sp³-hybridized carbons (Fsp3) is 0.523. The van der Waals surface area contributed by atoms with E-state index in [9.17, 15) is 19.8 Å². The van der Waals surface area contributed by atoms with Gasteiger partial charge in [0.25, 0.3) is 0 Å². The van der Waals surface area contributed by atoms with E-state index in [0.717, 1.165) is 141 Å². The van der Waals surface area contributed by atoms with Crippen molar-refractivity contribution in [3.63, 3.8) is 0 Å². The van der Waals surface area contributed by atoms with Gasteiger partial charge in [-0.2, -0.15) is 4.98 Å². The number of phenols is 1. The van der Waals surface area contributed by atoms with Gasteiger partial charge < -0.3 is 49.9 Å². The Morgan fingerprint density at radius 1 is 0.857 bits per heavy atom. The molecule has 6 saturated heterocycles. The first-order chi connectivity index (χ1) is 40.7. The highest BCUT2D eigenvalue weighted by Crippen LogP contribution is 2.41. The van der Waals surface area contributed by atoms with E-state index in [4.69, 9.17) is 19.5 Å². The molecule has 2 amide bonds. The molecule has 3 aromatic carbocycles. The topological polar surface area (TPSA) is 192 Å². The molecule has 17 nitrogen and oxygen atoms in total. The van der Waals surface area contributed by atoms with Crippen LogP contribution in [0.15, 0.2) is 76.9 Å². The van der Waals surface area contributed by atoms with Crippen molar-refractivity contribution in [3.05, 3.63) is 101 Å². The summed E-state index contributed by atoms with van der Waals surface area (Å²) in [6.45, 7) is 18.4. The van der Waals surface area contributed by atoms with Crippen LogP contribution in [0.25, 0.3) is 43.4 Å². The third kappa shape index (κ3) is 11.2. The molecule has 4 N–H and O–H groups in total. The minimum absolute atomic E-state index is 0.0721. The fourth-order valence-corrected chi connectivity index (χ4v) is 15.5. The highest BCUT2D eigenvalue weighted by atomic mass is 32.1. The number of fused-ring (bicyclic) bond motifs is 4. The van der Waals surface area contributed by atoms with E-state index in [1.165, 1.54) is 24.2 Å². The molecule has 0 radical (unpaired) electrons. The van der Waals surface area contributed by atoms with Crippen molar-refractivity contribution in [2.75, 3.05) is 80.1 Å². The maximum absolute atomic E-state index is 17.4. The molecule has 19 heteroatoms. The number of phenolic OH excluding ortho intramolecular Hbond substituents is 1. The Kier molecular flexibility index (Phi) is 15.8. The van der Waals surface area contributed by atoms with Gasteiger partial charge in [-0.05, 0) is 142 Å². The van der Waals surface area contributed by atoms with Gasteiger partial charge in [-0.15, -0.1) is 11.3 Å². The molecule has 6 fully saturated rings. The number of likely N-dealkylation sites (tertiary alicyclic amines) is 2. The first kappa shape index (κ1) is 56.3. The zero-order chi connectivity index (χ0) is 57.9. The Morgan fingerprint density at radius 3 is 2.32 bits per heavy atom. The monoisotopic (exact) mass is 1160 g/mol. The van der Waals surface area contributed by atoms with Crippen molar-refractivity contribution in [1.82, 2.24) is 45.5 Å². The molecule has 6 aliphatic rings. The molecule has 0 spiro atoms. The van der Waals surface area contributed by atoms with Crippen molar-refractivity contribution in [3.8, 4) is 27.4 Å². The third-order valence-electron chi connectivity index (χ3n) is 19.3. The van der Waals surface area contributed by atoms with Crippen LogP contribution in [0, 0.1) is 36.4 Å². The first-order valence-corrected chi connectivity index (χ1v) is 31.7. The fourth-order valence-electron chi connectivity index (χ4n) is 14.7. The lowest BCUT2D eigenvalue weighted by Gasteiger charge is -2.43. The predicted molar refractivity (Wildman–Crippen MR) is 327 cm³/mol. The van der Waals surface area contributed by atoms with Crippen LogP contribution in [0.4, 0.5) is 22.0 Å². The number of nitrogens with one attached hydrogen (secondary N) is 2. The van der Waals surface area contributed by atoms with Crippen LogP contribution < -0.4 is 25.3 Å². The number of halogens is 1. The number of rotatable bonds is 16. The average Bonchev–Trinajstić information content (AvgIpc) is 2.12. The van der Waals surface area contributed by atoms with Crippen molar-refractivity contribution < 1.29 is 28.7 Å². The van der Waals surface area contributed by atoms with Gasteiger partial charge in [0.15, 0.2) is 17.4 Å². The van der Waals surface area contributed by atoms with Crippen molar-refractivity contribution in [2.24, 2.45) is 23.7 Å². The summed E-state index contributed by atoms with van der Waals surface area (Å²) < 4.78 is 23.3. The number of aliphatic hydroxyl groups is 1. The Hall–Kier alpha value is -6.80. The minimum Gasteiger partial charge on any atom is -0.508 e. The number of anilines is 3. The second-order valence-electron chi connectivity index (χ2n) is 25.4. The Morgan fingerprint density at radius 2 is 1.61 bits per heavy atom. The molecule has 6 atom stereocenters. The quantitative estimate of drug-likeness (QED) is 0.0714. The van der Waals surface area contributed by atoms with Crippen LogP contribution in [-0.2, 0) is 16.0 Å². The normalized spacial score (nSPS) is 22.6.